The summed E-state index contributed by atoms with van der Waals surface area (Å²) in [5.74, 6) is 0.991. The number of aryl methyl sites for hydroxylation is 1. The van der Waals surface area contributed by atoms with E-state index in [1.807, 2.05) is 13.8 Å². The SMILES string of the molecule is CC(=O)Cc1nc(C)c(C(=O)N[C@@H](C)c2ccc(CN3CCc4c(cccc4OC4CCC4)C3)cc2)s1. The van der Waals surface area contributed by atoms with Crippen molar-refractivity contribution in [1.29, 1.82) is 0 Å². The van der Waals surface area contributed by atoms with Crippen molar-refractivity contribution in [3.63, 3.8) is 0 Å². The summed E-state index contributed by atoms with van der Waals surface area (Å²) in [6, 6.07) is 14.9. The van der Waals surface area contributed by atoms with Crippen LogP contribution in [0.1, 0.15) is 81.8 Å². The first-order chi connectivity index (χ1) is 17.9. The predicted octanol–water partition coefficient (Wildman–Crippen LogP) is 5.56. The van der Waals surface area contributed by atoms with Crippen molar-refractivity contribution in [1.82, 2.24) is 15.2 Å². The molecule has 2 aromatic carbocycles. The number of benzene rings is 2. The number of carbonyl (C=O) groups is 2. The maximum atomic E-state index is 12.8. The molecule has 1 aromatic heterocycles. The van der Waals surface area contributed by atoms with Gasteiger partial charge >= 0.3 is 0 Å². The van der Waals surface area contributed by atoms with Crippen molar-refractivity contribution < 1.29 is 14.3 Å². The van der Waals surface area contributed by atoms with Crippen molar-refractivity contribution in [2.45, 2.75) is 78.1 Å². The van der Waals surface area contributed by atoms with Gasteiger partial charge in [-0.05, 0) is 74.8 Å². The molecule has 37 heavy (non-hydrogen) atoms. The minimum atomic E-state index is -0.144. The Balaban J connectivity index is 1.17. The lowest BCUT2D eigenvalue weighted by molar-refractivity contribution is -0.116. The van der Waals surface area contributed by atoms with Crippen LogP contribution in [0, 0.1) is 6.92 Å². The summed E-state index contributed by atoms with van der Waals surface area (Å²) in [5.41, 5.74) is 5.76. The lowest BCUT2D eigenvalue weighted by atomic mass is 9.95. The second kappa shape index (κ2) is 11.2. The third kappa shape index (κ3) is 6.11. The zero-order valence-electron chi connectivity index (χ0n) is 21.9. The first-order valence-corrected chi connectivity index (χ1v) is 14.0. The van der Waals surface area contributed by atoms with E-state index in [1.54, 1.807) is 0 Å². The van der Waals surface area contributed by atoms with Crippen LogP contribution in [0.4, 0.5) is 0 Å². The number of nitrogens with one attached hydrogen (secondary N) is 1. The van der Waals surface area contributed by atoms with Crippen LogP contribution in [-0.4, -0.2) is 34.2 Å². The lowest BCUT2D eigenvalue weighted by Crippen LogP contribution is -2.31. The minimum Gasteiger partial charge on any atom is -0.490 e. The number of thiazole rings is 1. The number of hydrogen-bond donors (Lipinski definition) is 1. The molecule has 1 fully saturated rings. The smallest absolute Gasteiger partial charge is 0.263 e. The quantitative estimate of drug-likeness (QED) is 0.402. The van der Waals surface area contributed by atoms with Crippen molar-refractivity contribution >= 4 is 23.0 Å². The van der Waals surface area contributed by atoms with E-state index in [2.05, 4.69) is 57.7 Å². The fourth-order valence-electron chi connectivity index (χ4n) is 5.01. The van der Waals surface area contributed by atoms with Gasteiger partial charge in [-0.1, -0.05) is 36.4 Å². The number of aromatic nitrogens is 1. The molecule has 1 aliphatic heterocycles. The van der Waals surface area contributed by atoms with E-state index in [4.69, 9.17) is 4.74 Å². The Morgan fingerprint density at radius 3 is 2.68 bits per heavy atom. The van der Waals surface area contributed by atoms with Crippen molar-refractivity contribution in [3.05, 3.63) is 80.3 Å². The van der Waals surface area contributed by atoms with Gasteiger partial charge in [-0.3, -0.25) is 14.5 Å². The van der Waals surface area contributed by atoms with Gasteiger partial charge in [0, 0.05) is 19.6 Å². The predicted molar refractivity (Wildman–Crippen MR) is 146 cm³/mol. The molecule has 5 rings (SSSR count). The van der Waals surface area contributed by atoms with Crippen LogP contribution in [0.15, 0.2) is 42.5 Å². The van der Waals surface area contributed by atoms with Gasteiger partial charge in [0.05, 0.1) is 24.3 Å². The van der Waals surface area contributed by atoms with Gasteiger partial charge in [-0.25, -0.2) is 4.98 Å². The third-order valence-electron chi connectivity index (χ3n) is 7.33. The monoisotopic (exact) mass is 517 g/mol. The summed E-state index contributed by atoms with van der Waals surface area (Å²) >= 11 is 1.30. The fraction of sp³-hybridized carbons (Fsp3) is 0.433. The Morgan fingerprint density at radius 1 is 1.19 bits per heavy atom. The molecular weight excluding hydrogens is 482 g/mol. The second-order valence-corrected chi connectivity index (χ2v) is 11.4. The Labute approximate surface area is 223 Å². The number of nitrogens with zero attached hydrogens (tertiary/aromatic N) is 2. The van der Waals surface area contributed by atoms with E-state index in [9.17, 15) is 9.59 Å². The molecular formula is C30H35N3O3S. The third-order valence-corrected chi connectivity index (χ3v) is 8.48. The zero-order valence-corrected chi connectivity index (χ0v) is 22.7. The highest BCUT2D eigenvalue weighted by Gasteiger charge is 2.24. The van der Waals surface area contributed by atoms with Crippen LogP contribution in [0.5, 0.6) is 5.75 Å². The molecule has 0 spiro atoms. The molecule has 2 aliphatic rings. The zero-order chi connectivity index (χ0) is 25.9. The van der Waals surface area contributed by atoms with Gasteiger partial charge in [0.2, 0.25) is 0 Å². The first-order valence-electron chi connectivity index (χ1n) is 13.2. The summed E-state index contributed by atoms with van der Waals surface area (Å²) in [6.07, 6.45) is 5.34. The summed E-state index contributed by atoms with van der Waals surface area (Å²) in [6.45, 7) is 8.19. The molecule has 1 amide bonds. The largest absolute Gasteiger partial charge is 0.490 e. The highest BCUT2D eigenvalue weighted by atomic mass is 32.1. The van der Waals surface area contributed by atoms with Crippen LogP contribution in [0.25, 0.3) is 0 Å². The van der Waals surface area contributed by atoms with E-state index in [0.29, 0.717) is 21.7 Å². The Hall–Kier alpha value is -3.03. The van der Waals surface area contributed by atoms with Crippen molar-refractivity contribution in [2.75, 3.05) is 6.54 Å². The number of ether oxygens (including phenoxy) is 1. The topological polar surface area (TPSA) is 71.5 Å². The van der Waals surface area contributed by atoms with Crippen molar-refractivity contribution in [3.8, 4) is 5.75 Å². The number of hydrogen-bond acceptors (Lipinski definition) is 6. The van der Waals surface area contributed by atoms with Crippen LogP contribution in [-0.2, 0) is 30.7 Å². The lowest BCUT2D eigenvalue weighted by Gasteiger charge is -2.32. The second-order valence-electron chi connectivity index (χ2n) is 10.4. The maximum Gasteiger partial charge on any atom is 0.263 e. The average Bonchev–Trinajstić information content (AvgIpc) is 3.21. The number of carbonyl (C=O) groups excluding carboxylic acids is 2. The van der Waals surface area contributed by atoms with Gasteiger partial charge in [0.1, 0.15) is 21.4 Å². The van der Waals surface area contributed by atoms with Crippen LogP contribution >= 0.6 is 11.3 Å². The molecule has 7 heteroatoms. The summed E-state index contributed by atoms with van der Waals surface area (Å²) in [5, 5.41) is 3.77. The number of rotatable bonds is 9. The molecule has 0 radical (unpaired) electrons. The Kier molecular flexibility index (Phi) is 7.72. The maximum absolute atomic E-state index is 12.8. The van der Waals surface area contributed by atoms with Crippen LogP contribution in [0.3, 0.4) is 0 Å². The molecule has 3 aromatic rings. The molecule has 0 saturated heterocycles. The standard InChI is InChI=1S/C30H35N3O3S/c1-19(34)16-28-31-21(3)29(37-28)30(35)32-20(2)23-12-10-22(11-13-23)17-33-15-14-26-24(18-33)6-4-9-27(26)36-25-7-5-8-25/h4,6,9-13,20,25H,5,7-8,14-18H2,1-3H3,(H,32,35)/t20-/m0/s1. The fourth-order valence-corrected chi connectivity index (χ4v) is 6.05. The highest BCUT2D eigenvalue weighted by Crippen LogP contribution is 2.32. The highest BCUT2D eigenvalue weighted by molar-refractivity contribution is 7.13. The molecule has 1 N–H and O–H groups in total. The van der Waals surface area contributed by atoms with Gasteiger partial charge in [0.25, 0.3) is 5.91 Å². The summed E-state index contributed by atoms with van der Waals surface area (Å²) < 4.78 is 6.25. The average molecular weight is 518 g/mol. The van der Waals surface area contributed by atoms with Crippen LogP contribution < -0.4 is 10.1 Å². The molecule has 0 unspecified atom stereocenters. The minimum absolute atomic E-state index is 0.0469. The number of Topliss-reactive ketones (excluding diaryl/α,β-unsaturated/α-hetero) is 1. The van der Waals surface area contributed by atoms with E-state index < -0.39 is 0 Å². The molecule has 1 atom stereocenters. The van der Waals surface area contributed by atoms with Crippen molar-refractivity contribution in [2.24, 2.45) is 0 Å². The van der Waals surface area contributed by atoms with E-state index in [0.717, 1.165) is 37.4 Å². The van der Waals surface area contributed by atoms with Crippen LogP contribution in [0.2, 0.25) is 0 Å². The first kappa shape index (κ1) is 25.6. The molecule has 0 bridgehead atoms. The molecule has 1 aliphatic carbocycles. The van der Waals surface area contributed by atoms with Gasteiger partial charge in [-0.2, -0.15) is 0 Å². The van der Waals surface area contributed by atoms with Gasteiger partial charge in [-0.15, -0.1) is 11.3 Å². The van der Waals surface area contributed by atoms with Gasteiger partial charge < -0.3 is 10.1 Å². The molecule has 6 nitrogen and oxygen atoms in total. The number of ketones is 1. The Morgan fingerprint density at radius 2 is 1.97 bits per heavy atom. The van der Waals surface area contributed by atoms with E-state index in [1.165, 1.54) is 54.2 Å². The van der Waals surface area contributed by atoms with E-state index >= 15 is 0 Å². The molecule has 2 heterocycles. The van der Waals surface area contributed by atoms with Gasteiger partial charge in [0.15, 0.2) is 0 Å². The normalized spacial score (nSPS) is 16.5. The molecule has 1 saturated carbocycles. The molecule has 194 valence electrons. The number of fused-ring (bicyclic) bond motifs is 1. The van der Waals surface area contributed by atoms with E-state index in [-0.39, 0.29) is 24.2 Å². The Bertz CT molecular complexity index is 1280. The summed E-state index contributed by atoms with van der Waals surface area (Å²) in [4.78, 5) is 31.7. The summed E-state index contributed by atoms with van der Waals surface area (Å²) in [7, 11) is 0. The number of amides is 1.